The molecular weight excluding hydrogens is 372 g/mol. The summed E-state index contributed by atoms with van der Waals surface area (Å²) in [6, 6.07) is 15.4. The topological polar surface area (TPSA) is 87.0 Å². The molecule has 8 nitrogen and oxygen atoms in total. The van der Waals surface area contributed by atoms with Crippen LogP contribution in [0.3, 0.4) is 0 Å². The molecule has 0 bridgehead atoms. The second-order valence-corrected chi connectivity index (χ2v) is 6.16. The maximum Gasteiger partial charge on any atom is 0.427 e. The molecule has 0 atom stereocenters. The van der Waals surface area contributed by atoms with Crippen LogP contribution >= 0.6 is 0 Å². The molecule has 1 aromatic heterocycles. The van der Waals surface area contributed by atoms with E-state index in [1.54, 1.807) is 11.6 Å². The maximum absolute atomic E-state index is 11.5. The highest BCUT2D eigenvalue weighted by atomic mass is 16.6. The van der Waals surface area contributed by atoms with Crippen molar-refractivity contribution in [3.8, 4) is 28.4 Å². The largest absolute Gasteiger partial charge is 0.486 e. The third kappa shape index (κ3) is 4.21. The number of aromatic nitrogens is 2. The van der Waals surface area contributed by atoms with Gasteiger partial charge in [-0.05, 0) is 37.3 Å². The number of carbonyl (C=O) groups excluding carboxylic acids is 1. The van der Waals surface area contributed by atoms with Crippen LogP contribution in [0.5, 0.6) is 11.5 Å². The van der Waals surface area contributed by atoms with E-state index in [0.717, 1.165) is 16.8 Å². The minimum Gasteiger partial charge on any atom is -0.486 e. The average Bonchev–Trinajstić information content (AvgIpc) is 3.18. The number of para-hydroxylation sites is 1. The van der Waals surface area contributed by atoms with Gasteiger partial charge in [-0.3, -0.25) is 0 Å². The summed E-state index contributed by atoms with van der Waals surface area (Å²) in [6.45, 7) is 3.04. The van der Waals surface area contributed by atoms with Crippen LogP contribution in [0.15, 0.2) is 59.8 Å². The summed E-state index contributed by atoms with van der Waals surface area (Å²) in [5, 5.41) is 8.70. The number of fused-ring (bicyclic) bond motifs is 1. The zero-order chi connectivity index (χ0) is 20.1. The van der Waals surface area contributed by atoms with E-state index in [1.807, 2.05) is 54.7 Å². The molecule has 1 aliphatic heterocycles. The highest BCUT2D eigenvalue weighted by Crippen LogP contribution is 2.35. The number of rotatable bonds is 5. The Hall–Kier alpha value is -3.81. The van der Waals surface area contributed by atoms with E-state index < -0.39 is 6.09 Å². The number of nitrogens with one attached hydrogen (secondary N) is 1. The highest BCUT2D eigenvalue weighted by molar-refractivity contribution is 5.89. The van der Waals surface area contributed by atoms with Crippen LogP contribution in [0, 0.1) is 0 Å². The van der Waals surface area contributed by atoms with Crippen LogP contribution in [0.25, 0.3) is 16.9 Å². The lowest BCUT2D eigenvalue weighted by Crippen LogP contribution is -2.18. The summed E-state index contributed by atoms with van der Waals surface area (Å²) >= 11 is 0. The first-order valence-electron chi connectivity index (χ1n) is 9.25. The Balaban J connectivity index is 1.70. The Labute approximate surface area is 167 Å². The lowest BCUT2D eigenvalue weighted by Gasteiger charge is -2.18. The van der Waals surface area contributed by atoms with Gasteiger partial charge in [-0.2, -0.15) is 10.2 Å². The van der Waals surface area contributed by atoms with Crippen molar-refractivity contribution in [2.24, 2.45) is 5.10 Å². The molecule has 0 unspecified atom stereocenters. The van der Waals surface area contributed by atoms with Gasteiger partial charge in [-0.25, -0.2) is 14.9 Å². The van der Waals surface area contributed by atoms with Crippen molar-refractivity contribution in [2.45, 2.75) is 6.92 Å². The molecule has 2 heterocycles. The second-order valence-electron chi connectivity index (χ2n) is 6.16. The quantitative estimate of drug-likeness (QED) is 0.531. The molecule has 1 amide bonds. The van der Waals surface area contributed by atoms with Crippen LogP contribution < -0.4 is 14.9 Å². The van der Waals surface area contributed by atoms with Gasteiger partial charge in [-0.1, -0.05) is 18.2 Å². The lowest BCUT2D eigenvalue weighted by molar-refractivity contribution is 0.152. The molecule has 0 radical (unpaired) electrons. The van der Waals surface area contributed by atoms with Crippen LogP contribution in [0.4, 0.5) is 4.79 Å². The first kappa shape index (κ1) is 18.5. The Morgan fingerprint density at radius 2 is 2.00 bits per heavy atom. The summed E-state index contributed by atoms with van der Waals surface area (Å²) in [7, 11) is 0. The predicted octanol–water partition coefficient (Wildman–Crippen LogP) is 3.39. The van der Waals surface area contributed by atoms with Crippen molar-refractivity contribution in [2.75, 3.05) is 19.8 Å². The molecule has 4 rings (SSSR count). The number of nitrogens with zero attached hydrogens (tertiary/aromatic N) is 3. The number of carbonyl (C=O) groups is 1. The van der Waals surface area contributed by atoms with Crippen LogP contribution in [0.2, 0.25) is 0 Å². The fourth-order valence-electron chi connectivity index (χ4n) is 2.93. The fraction of sp³-hybridized carbons (Fsp3) is 0.190. The van der Waals surface area contributed by atoms with Crippen LogP contribution in [0.1, 0.15) is 12.5 Å². The van der Waals surface area contributed by atoms with E-state index >= 15 is 0 Å². The highest BCUT2D eigenvalue weighted by Gasteiger charge is 2.16. The zero-order valence-corrected chi connectivity index (χ0v) is 15.9. The minimum absolute atomic E-state index is 0.274. The van der Waals surface area contributed by atoms with E-state index in [9.17, 15) is 4.79 Å². The average molecular weight is 392 g/mol. The Bertz CT molecular complexity index is 1030. The summed E-state index contributed by atoms with van der Waals surface area (Å²) < 4.78 is 17.9. The van der Waals surface area contributed by atoms with Gasteiger partial charge in [0.2, 0.25) is 0 Å². The van der Waals surface area contributed by atoms with Gasteiger partial charge in [0.05, 0.1) is 18.5 Å². The van der Waals surface area contributed by atoms with E-state index in [4.69, 9.17) is 19.3 Å². The number of hydrogen-bond acceptors (Lipinski definition) is 6. The molecule has 0 spiro atoms. The molecule has 148 valence electrons. The van der Waals surface area contributed by atoms with Crippen molar-refractivity contribution in [1.29, 1.82) is 0 Å². The normalized spacial score (nSPS) is 12.7. The number of ether oxygens (including phenoxy) is 3. The Morgan fingerprint density at radius 3 is 2.79 bits per heavy atom. The molecule has 3 aromatic rings. The number of hydrogen-bond donors (Lipinski definition) is 1. The Morgan fingerprint density at radius 1 is 1.21 bits per heavy atom. The number of amides is 1. The molecule has 0 fully saturated rings. The van der Waals surface area contributed by atoms with Crippen LogP contribution in [-0.4, -0.2) is 41.9 Å². The van der Waals surface area contributed by atoms with Crippen molar-refractivity contribution in [3.05, 3.63) is 60.3 Å². The SMILES string of the molecule is CCOC(=O)N/N=C\c1cn(-c2ccccc2)nc1-c1ccc2c(c1)OCCO2. The van der Waals surface area contributed by atoms with E-state index in [1.165, 1.54) is 6.21 Å². The van der Waals surface area contributed by atoms with Gasteiger partial charge < -0.3 is 14.2 Å². The van der Waals surface area contributed by atoms with E-state index in [0.29, 0.717) is 30.4 Å². The van der Waals surface area contributed by atoms with Gasteiger partial charge in [0.25, 0.3) is 0 Å². The number of hydrazone groups is 1. The van der Waals surface area contributed by atoms with Crippen molar-refractivity contribution < 1.29 is 19.0 Å². The standard InChI is InChI=1S/C21H20N4O4/c1-2-27-21(26)23-22-13-16-14-25(17-6-4-3-5-7-17)24-20(16)15-8-9-18-19(12-15)29-11-10-28-18/h3-9,12-14H,2,10-11H2,1H3,(H,23,26)/b22-13-. The molecule has 0 saturated carbocycles. The molecular formula is C21H20N4O4. The predicted molar refractivity (Wildman–Crippen MR) is 108 cm³/mol. The summed E-state index contributed by atoms with van der Waals surface area (Å²) in [5.74, 6) is 1.39. The number of benzene rings is 2. The molecule has 1 N–H and O–H groups in total. The maximum atomic E-state index is 11.5. The fourth-order valence-corrected chi connectivity index (χ4v) is 2.93. The summed E-state index contributed by atoms with van der Waals surface area (Å²) in [6.07, 6.45) is 2.77. The van der Waals surface area contributed by atoms with E-state index in [2.05, 4.69) is 10.5 Å². The molecule has 2 aromatic carbocycles. The summed E-state index contributed by atoms with van der Waals surface area (Å²) in [4.78, 5) is 11.5. The van der Waals surface area contributed by atoms with Gasteiger partial charge in [0.1, 0.15) is 18.9 Å². The van der Waals surface area contributed by atoms with Gasteiger partial charge in [0.15, 0.2) is 11.5 Å². The smallest absolute Gasteiger partial charge is 0.427 e. The minimum atomic E-state index is -0.611. The first-order valence-corrected chi connectivity index (χ1v) is 9.25. The monoisotopic (exact) mass is 392 g/mol. The molecule has 0 saturated heterocycles. The molecule has 0 aliphatic carbocycles. The van der Waals surface area contributed by atoms with Crippen molar-refractivity contribution in [3.63, 3.8) is 0 Å². The molecule has 29 heavy (non-hydrogen) atoms. The lowest BCUT2D eigenvalue weighted by atomic mass is 10.1. The second kappa shape index (κ2) is 8.47. The van der Waals surface area contributed by atoms with Gasteiger partial charge in [0, 0.05) is 17.3 Å². The molecule has 1 aliphatic rings. The van der Waals surface area contributed by atoms with Gasteiger partial charge in [-0.15, -0.1) is 0 Å². The van der Waals surface area contributed by atoms with Crippen molar-refractivity contribution >= 4 is 12.3 Å². The summed E-state index contributed by atoms with van der Waals surface area (Å²) in [5.41, 5.74) is 5.51. The Kier molecular flexibility index (Phi) is 5.42. The van der Waals surface area contributed by atoms with E-state index in [-0.39, 0.29) is 6.61 Å². The third-order valence-corrected chi connectivity index (χ3v) is 4.21. The van der Waals surface area contributed by atoms with Crippen LogP contribution in [-0.2, 0) is 4.74 Å². The van der Waals surface area contributed by atoms with Gasteiger partial charge >= 0.3 is 6.09 Å². The molecule has 8 heteroatoms. The van der Waals surface area contributed by atoms with Crippen molar-refractivity contribution in [1.82, 2.24) is 15.2 Å². The first-order chi connectivity index (χ1) is 14.2. The zero-order valence-electron chi connectivity index (χ0n) is 15.9. The third-order valence-electron chi connectivity index (χ3n) is 4.21.